The summed E-state index contributed by atoms with van der Waals surface area (Å²) in [4.78, 5) is 15.0. The van der Waals surface area contributed by atoms with Crippen LogP contribution < -0.4 is 9.47 Å². The number of carbonyl (C=O) groups is 1. The van der Waals surface area contributed by atoms with Gasteiger partial charge < -0.3 is 9.80 Å². The first kappa shape index (κ1) is 11.5. The van der Waals surface area contributed by atoms with E-state index in [9.17, 15) is 4.79 Å². The molecule has 82 valence electrons. The fourth-order valence-electron chi connectivity index (χ4n) is 1.15. The zero-order chi connectivity index (χ0) is 11.4. The third-order valence-corrected chi connectivity index (χ3v) is 2.21. The lowest BCUT2D eigenvalue weighted by Gasteiger charge is -2.11. The Morgan fingerprint density at radius 3 is 2.13 bits per heavy atom. The summed E-state index contributed by atoms with van der Waals surface area (Å²) in [6.45, 7) is 0.390. The smallest absolute Gasteiger partial charge is 0.288 e. The van der Waals surface area contributed by atoms with Crippen molar-refractivity contribution in [1.29, 1.82) is 0 Å². The second-order valence-corrected chi connectivity index (χ2v) is 3.91. The topological polar surface area (TPSA) is 27.4 Å². The number of carbonyl (C=O) groups excluding carboxylic acids is 1. The van der Waals surface area contributed by atoms with Crippen LogP contribution in [0.3, 0.4) is 0 Å². The van der Waals surface area contributed by atoms with Gasteiger partial charge in [-0.1, -0.05) is 0 Å². The molecule has 0 aromatic carbocycles. The zero-order valence-electron chi connectivity index (χ0n) is 9.77. The Labute approximate surface area is 90.7 Å². The van der Waals surface area contributed by atoms with Crippen LogP contribution in [0.4, 0.5) is 5.69 Å². The molecule has 0 saturated carbocycles. The lowest BCUT2D eigenvalue weighted by atomic mass is 10.3. The molecule has 0 aliphatic heterocycles. The van der Waals surface area contributed by atoms with Crippen LogP contribution in [0.15, 0.2) is 24.5 Å². The maximum absolute atomic E-state index is 11.4. The fraction of sp³-hybridized carbons (Fsp3) is 0.455. The van der Waals surface area contributed by atoms with E-state index >= 15 is 0 Å². The predicted octanol–water partition coefficient (Wildman–Crippen LogP) is 0.128. The van der Waals surface area contributed by atoms with Gasteiger partial charge in [0.1, 0.15) is 0 Å². The lowest BCUT2D eigenvalue weighted by Crippen LogP contribution is -2.41. The number of rotatable bonds is 3. The maximum Gasteiger partial charge on any atom is 0.288 e. The minimum atomic E-state index is 0.0950. The largest absolute Gasteiger partial charge is 0.377 e. The van der Waals surface area contributed by atoms with Gasteiger partial charge in [0, 0.05) is 46.0 Å². The van der Waals surface area contributed by atoms with E-state index in [1.165, 1.54) is 0 Å². The number of aromatic nitrogens is 1. The van der Waals surface area contributed by atoms with E-state index in [2.05, 4.69) is 0 Å². The molecule has 0 saturated heterocycles. The van der Waals surface area contributed by atoms with Crippen molar-refractivity contribution in [3.8, 4) is 0 Å². The van der Waals surface area contributed by atoms with Crippen LogP contribution in [0.2, 0.25) is 0 Å². The SMILES string of the molecule is CN(C)C(=O)C[n+]1ccc(N(C)C)cc1. The third kappa shape index (κ3) is 3.23. The molecule has 1 aromatic heterocycles. The molecular weight excluding hydrogens is 190 g/mol. The number of hydrogen-bond donors (Lipinski definition) is 0. The van der Waals surface area contributed by atoms with E-state index in [0.29, 0.717) is 6.54 Å². The standard InChI is InChI=1S/C11H18N3O/c1-12(2)10-5-7-14(8-6-10)9-11(15)13(3)4/h5-8H,9H2,1-4H3/q+1. The van der Waals surface area contributed by atoms with Crippen LogP contribution in [0, 0.1) is 0 Å². The van der Waals surface area contributed by atoms with Gasteiger partial charge in [0.15, 0.2) is 12.4 Å². The number of likely N-dealkylation sites (N-methyl/N-ethyl adjacent to an activating group) is 1. The lowest BCUT2D eigenvalue weighted by molar-refractivity contribution is -0.685. The second kappa shape index (κ2) is 4.77. The van der Waals surface area contributed by atoms with Crippen molar-refractivity contribution in [2.45, 2.75) is 6.54 Å². The molecule has 1 rings (SSSR count). The highest BCUT2D eigenvalue weighted by Gasteiger charge is 2.10. The van der Waals surface area contributed by atoms with Crippen molar-refractivity contribution in [3.05, 3.63) is 24.5 Å². The Morgan fingerprint density at radius 2 is 1.73 bits per heavy atom. The monoisotopic (exact) mass is 208 g/mol. The minimum absolute atomic E-state index is 0.0950. The number of amides is 1. The number of anilines is 1. The van der Waals surface area contributed by atoms with Crippen LogP contribution in [-0.4, -0.2) is 39.0 Å². The van der Waals surface area contributed by atoms with Gasteiger partial charge in [-0.3, -0.25) is 4.79 Å². The van der Waals surface area contributed by atoms with Crippen molar-refractivity contribution in [3.63, 3.8) is 0 Å². The first-order valence-electron chi connectivity index (χ1n) is 4.87. The van der Waals surface area contributed by atoms with Gasteiger partial charge in [-0.25, -0.2) is 0 Å². The van der Waals surface area contributed by atoms with Crippen LogP contribution in [0.25, 0.3) is 0 Å². The highest BCUT2D eigenvalue weighted by atomic mass is 16.2. The summed E-state index contributed by atoms with van der Waals surface area (Å²) < 4.78 is 1.87. The van der Waals surface area contributed by atoms with E-state index in [0.717, 1.165) is 5.69 Å². The van der Waals surface area contributed by atoms with Gasteiger partial charge >= 0.3 is 0 Å². The summed E-state index contributed by atoms with van der Waals surface area (Å²) in [5.41, 5.74) is 1.13. The van der Waals surface area contributed by atoms with Gasteiger partial charge in [-0.2, -0.15) is 4.57 Å². The molecule has 1 heterocycles. The van der Waals surface area contributed by atoms with E-state index in [1.807, 2.05) is 48.1 Å². The van der Waals surface area contributed by atoms with Gasteiger partial charge in [0.2, 0.25) is 6.54 Å². The average Bonchev–Trinajstić information content (AvgIpc) is 2.18. The van der Waals surface area contributed by atoms with Gasteiger partial charge in [0.05, 0.1) is 0 Å². The summed E-state index contributed by atoms with van der Waals surface area (Å²) in [6.07, 6.45) is 3.83. The molecule has 15 heavy (non-hydrogen) atoms. The molecule has 1 amide bonds. The Morgan fingerprint density at radius 1 is 1.20 bits per heavy atom. The number of pyridine rings is 1. The molecule has 1 aromatic rings. The Balaban J connectivity index is 2.69. The maximum atomic E-state index is 11.4. The second-order valence-electron chi connectivity index (χ2n) is 3.91. The van der Waals surface area contributed by atoms with Crippen molar-refractivity contribution in [1.82, 2.24) is 4.90 Å². The minimum Gasteiger partial charge on any atom is -0.377 e. The van der Waals surface area contributed by atoms with Crippen molar-refractivity contribution < 1.29 is 9.36 Å². The van der Waals surface area contributed by atoms with Crippen molar-refractivity contribution in [2.24, 2.45) is 0 Å². The third-order valence-electron chi connectivity index (χ3n) is 2.21. The van der Waals surface area contributed by atoms with Gasteiger partial charge in [-0.05, 0) is 0 Å². The van der Waals surface area contributed by atoms with Crippen LogP contribution >= 0.6 is 0 Å². The number of nitrogens with zero attached hydrogens (tertiary/aromatic N) is 3. The van der Waals surface area contributed by atoms with E-state index in [-0.39, 0.29) is 5.91 Å². The molecule has 0 aliphatic carbocycles. The molecule has 0 N–H and O–H groups in total. The quantitative estimate of drug-likeness (QED) is 0.660. The highest BCUT2D eigenvalue weighted by molar-refractivity contribution is 5.73. The molecule has 4 heteroatoms. The van der Waals surface area contributed by atoms with Gasteiger partial charge in [-0.15, -0.1) is 0 Å². The summed E-state index contributed by atoms with van der Waals surface area (Å²) in [5.74, 6) is 0.0950. The Hall–Kier alpha value is -1.58. The average molecular weight is 208 g/mol. The molecule has 0 fully saturated rings. The molecule has 0 bridgehead atoms. The van der Waals surface area contributed by atoms with E-state index in [1.54, 1.807) is 19.0 Å². The zero-order valence-corrected chi connectivity index (χ0v) is 9.77. The van der Waals surface area contributed by atoms with Crippen LogP contribution in [0.5, 0.6) is 0 Å². The molecule has 0 atom stereocenters. The van der Waals surface area contributed by atoms with Crippen LogP contribution in [0.1, 0.15) is 0 Å². The van der Waals surface area contributed by atoms with E-state index in [4.69, 9.17) is 0 Å². The van der Waals surface area contributed by atoms with Crippen molar-refractivity contribution >= 4 is 11.6 Å². The molecule has 0 unspecified atom stereocenters. The summed E-state index contributed by atoms with van der Waals surface area (Å²) in [5, 5.41) is 0. The van der Waals surface area contributed by atoms with Crippen molar-refractivity contribution in [2.75, 3.05) is 33.1 Å². The fourth-order valence-corrected chi connectivity index (χ4v) is 1.15. The first-order valence-corrected chi connectivity index (χ1v) is 4.87. The van der Waals surface area contributed by atoms with Crippen LogP contribution in [-0.2, 0) is 11.3 Å². The number of hydrogen-bond acceptors (Lipinski definition) is 2. The molecule has 0 spiro atoms. The molecule has 0 radical (unpaired) electrons. The summed E-state index contributed by atoms with van der Waals surface area (Å²) in [7, 11) is 7.50. The predicted molar refractivity (Wildman–Crippen MR) is 59.7 cm³/mol. The molecule has 0 aliphatic rings. The highest BCUT2D eigenvalue weighted by Crippen LogP contribution is 2.05. The Bertz CT molecular complexity index is 330. The first-order chi connectivity index (χ1) is 7.00. The molecule has 4 nitrogen and oxygen atoms in total. The summed E-state index contributed by atoms with van der Waals surface area (Å²) >= 11 is 0. The van der Waals surface area contributed by atoms with Gasteiger partial charge in [0.25, 0.3) is 5.91 Å². The Kier molecular flexibility index (Phi) is 3.66. The normalized spacial score (nSPS) is 9.87. The molecular formula is C11H18N3O+. The summed E-state index contributed by atoms with van der Waals surface area (Å²) in [6, 6.07) is 3.98. The van der Waals surface area contributed by atoms with E-state index < -0.39 is 0 Å².